The van der Waals surface area contributed by atoms with E-state index in [0.29, 0.717) is 53.0 Å². The second-order valence-electron chi connectivity index (χ2n) is 15.7. The van der Waals surface area contributed by atoms with Crippen molar-refractivity contribution < 1.29 is 37.1 Å². The smallest absolute Gasteiger partial charge is 0.416 e. The van der Waals surface area contributed by atoms with Gasteiger partial charge in [-0.25, -0.2) is 9.97 Å². The van der Waals surface area contributed by atoms with Crippen LogP contribution in [0.4, 0.5) is 30.5 Å². The number of alkyl halides is 3. The Bertz CT molecular complexity index is 2260. The molecule has 61 heavy (non-hydrogen) atoms. The Morgan fingerprint density at radius 2 is 1.64 bits per heavy atom. The molecule has 5 heterocycles. The molecule has 4 saturated heterocycles. The van der Waals surface area contributed by atoms with Crippen molar-refractivity contribution in [3.63, 3.8) is 0 Å². The lowest BCUT2D eigenvalue weighted by Gasteiger charge is -2.55. The van der Waals surface area contributed by atoms with Crippen LogP contribution in [0.2, 0.25) is 0 Å². The second kappa shape index (κ2) is 17.4. The minimum absolute atomic E-state index is 0.122. The van der Waals surface area contributed by atoms with Gasteiger partial charge in [0.05, 0.1) is 22.4 Å². The summed E-state index contributed by atoms with van der Waals surface area (Å²) >= 11 is 0. The van der Waals surface area contributed by atoms with Gasteiger partial charge in [-0.05, 0) is 79.6 Å². The highest BCUT2D eigenvalue weighted by molar-refractivity contribution is 6.16. The van der Waals surface area contributed by atoms with Crippen molar-refractivity contribution in [2.24, 2.45) is 0 Å². The number of hydrazine groups is 1. The number of aromatic nitrogens is 2. The Kier molecular flexibility index (Phi) is 11.9. The number of carbonyl (C=O) groups is 3. The number of aldehydes is 1. The van der Waals surface area contributed by atoms with Crippen LogP contribution in [0.25, 0.3) is 0 Å². The van der Waals surface area contributed by atoms with E-state index in [4.69, 9.17) is 20.7 Å². The predicted octanol–water partition coefficient (Wildman–Crippen LogP) is 4.29. The van der Waals surface area contributed by atoms with E-state index in [9.17, 15) is 27.6 Å². The van der Waals surface area contributed by atoms with Crippen molar-refractivity contribution in [2.75, 3.05) is 62.3 Å². The van der Waals surface area contributed by atoms with E-state index in [-0.39, 0.29) is 47.1 Å². The molecular formula is C42H46F3N11O5. The number of likely N-dealkylation sites (tertiary alicyclic amines) is 2. The van der Waals surface area contributed by atoms with Gasteiger partial charge in [-0.1, -0.05) is 0 Å². The Balaban J connectivity index is 0.791. The molecule has 6 N–H and O–H groups in total. The number of rotatable bonds is 12. The van der Waals surface area contributed by atoms with Crippen molar-refractivity contribution in [1.29, 1.82) is 5.41 Å². The van der Waals surface area contributed by atoms with Gasteiger partial charge in [0.15, 0.2) is 12.5 Å². The number of nitrogens with zero attached hydrogens (tertiary/aromatic N) is 6. The molecule has 4 aromatic rings. The first-order valence-corrected chi connectivity index (χ1v) is 20.0. The fourth-order valence-corrected chi connectivity index (χ4v) is 8.12. The monoisotopic (exact) mass is 841 g/mol. The fourth-order valence-electron chi connectivity index (χ4n) is 8.12. The van der Waals surface area contributed by atoms with E-state index < -0.39 is 18.0 Å². The number of halogens is 3. The third-order valence-electron chi connectivity index (χ3n) is 11.9. The maximum Gasteiger partial charge on any atom is 0.416 e. The Labute approximate surface area is 349 Å². The molecule has 16 nitrogen and oxygen atoms in total. The van der Waals surface area contributed by atoms with Gasteiger partial charge >= 0.3 is 6.18 Å². The number of hydrogen-bond donors (Lipinski definition) is 5. The summed E-state index contributed by atoms with van der Waals surface area (Å²) < 4.78 is 44.5. The zero-order chi connectivity index (χ0) is 42.8. The SMILES string of the molecule is CN(C(=O)c1ccc(N2CC(N3CC(N4CCC(Nc5ncnc(N)c5C(=N)c5ccc(Oc6ccc(C(F)(F)F)cc6)cc5)CC4)C3)C2)cc1C=O)C1CCC(=O)NNO1. The summed E-state index contributed by atoms with van der Waals surface area (Å²) in [5.74, 6) is 0.702. The van der Waals surface area contributed by atoms with Crippen molar-refractivity contribution in [3.8, 4) is 11.5 Å². The topological polar surface area (TPSA) is 194 Å². The number of carbonyl (C=O) groups excluding carboxylic acids is 3. The van der Waals surface area contributed by atoms with Gasteiger partial charge in [0.25, 0.3) is 5.91 Å². The standard InChI is InChI=1S/C42H46F3N11O5/c1-53(36-13-12-35(58)51-52-61-36)41(59)34-11-6-29(18-26(34)23-57)55-21-31(22-55)56-19-30(20-56)54-16-14-28(15-17-54)50-40-37(39(47)48-24-49-40)38(46)25-2-7-32(8-3-25)60-33-9-4-27(5-10-33)42(43,44)45/h2-11,18,23-24,28,30-31,36,46,52H,12-17,19-22H2,1H3,(H,51,58)(H3,47,48,49,50). The van der Waals surface area contributed by atoms with Gasteiger partial charge in [-0.3, -0.25) is 39.9 Å². The van der Waals surface area contributed by atoms with E-state index in [0.717, 1.165) is 69.9 Å². The molecule has 1 aromatic heterocycles. The zero-order valence-corrected chi connectivity index (χ0v) is 33.3. The molecular weight excluding hydrogens is 796 g/mol. The maximum absolute atomic E-state index is 13.3. The van der Waals surface area contributed by atoms with Crippen LogP contribution in [0.5, 0.6) is 11.5 Å². The summed E-state index contributed by atoms with van der Waals surface area (Å²) in [7, 11) is 1.58. The van der Waals surface area contributed by atoms with E-state index >= 15 is 0 Å². The van der Waals surface area contributed by atoms with Crippen LogP contribution in [0.3, 0.4) is 0 Å². The number of nitrogens with two attached hydrogens (primary N) is 1. The molecule has 4 aliphatic heterocycles. The number of benzene rings is 3. The molecule has 0 aliphatic carbocycles. The molecule has 0 radical (unpaired) electrons. The molecule has 4 aliphatic rings. The van der Waals surface area contributed by atoms with Gasteiger partial charge in [0, 0.05) is 94.1 Å². The number of hydrogen-bond acceptors (Lipinski definition) is 14. The minimum Gasteiger partial charge on any atom is -0.457 e. The highest BCUT2D eigenvalue weighted by Crippen LogP contribution is 2.33. The van der Waals surface area contributed by atoms with Gasteiger partial charge < -0.3 is 25.6 Å². The average molecular weight is 842 g/mol. The highest BCUT2D eigenvalue weighted by Gasteiger charge is 2.42. The number of anilines is 3. The first kappa shape index (κ1) is 41.6. The summed E-state index contributed by atoms with van der Waals surface area (Å²) in [5, 5.41) is 12.5. The summed E-state index contributed by atoms with van der Waals surface area (Å²) in [4.78, 5) is 59.6. The van der Waals surface area contributed by atoms with Crippen LogP contribution in [0.1, 0.15) is 63.1 Å². The Morgan fingerprint density at radius 3 is 2.31 bits per heavy atom. The zero-order valence-electron chi connectivity index (χ0n) is 33.3. The molecule has 8 rings (SSSR count). The van der Waals surface area contributed by atoms with Crippen LogP contribution in [-0.2, 0) is 15.8 Å². The first-order chi connectivity index (χ1) is 29.3. The summed E-state index contributed by atoms with van der Waals surface area (Å²) in [5.41, 5.74) is 12.8. The van der Waals surface area contributed by atoms with E-state index in [2.05, 4.69) is 41.0 Å². The molecule has 0 spiro atoms. The molecule has 2 amide bonds. The van der Waals surface area contributed by atoms with E-state index in [1.165, 1.54) is 23.4 Å². The van der Waals surface area contributed by atoms with Gasteiger partial charge in [0.2, 0.25) is 5.91 Å². The third-order valence-corrected chi connectivity index (χ3v) is 11.9. The highest BCUT2D eigenvalue weighted by atomic mass is 19.4. The van der Waals surface area contributed by atoms with Gasteiger partial charge in [-0.2, -0.15) is 13.2 Å². The van der Waals surface area contributed by atoms with Gasteiger partial charge in [0.1, 0.15) is 29.5 Å². The van der Waals surface area contributed by atoms with Crippen LogP contribution in [-0.4, -0.2) is 119 Å². The quantitative estimate of drug-likeness (QED) is 0.100. The van der Waals surface area contributed by atoms with Crippen LogP contribution in [0.15, 0.2) is 73.1 Å². The van der Waals surface area contributed by atoms with Crippen LogP contribution < -0.4 is 31.7 Å². The Morgan fingerprint density at radius 1 is 0.967 bits per heavy atom. The molecule has 3 aromatic carbocycles. The van der Waals surface area contributed by atoms with Gasteiger partial charge in [-0.15, -0.1) is 5.59 Å². The number of ether oxygens (including phenoxy) is 1. The largest absolute Gasteiger partial charge is 0.457 e. The molecule has 1 unspecified atom stereocenters. The molecule has 0 saturated carbocycles. The van der Waals surface area contributed by atoms with E-state index in [1.807, 2.05) is 6.07 Å². The fraction of sp³-hybridized carbons (Fsp3) is 0.381. The summed E-state index contributed by atoms with van der Waals surface area (Å²) in [6, 6.07) is 17.4. The van der Waals surface area contributed by atoms with Crippen molar-refractivity contribution in [1.82, 2.24) is 35.7 Å². The second-order valence-corrected chi connectivity index (χ2v) is 15.7. The number of piperidine rings is 1. The molecule has 1 atom stereocenters. The van der Waals surface area contributed by atoms with Crippen LogP contribution >= 0.6 is 0 Å². The Hall–Kier alpha value is -6.15. The van der Waals surface area contributed by atoms with Crippen molar-refractivity contribution in [2.45, 2.75) is 56.2 Å². The molecule has 0 bridgehead atoms. The third kappa shape index (κ3) is 9.14. The molecule has 4 fully saturated rings. The predicted molar refractivity (Wildman–Crippen MR) is 219 cm³/mol. The first-order valence-electron chi connectivity index (χ1n) is 20.0. The summed E-state index contributed by atoms with van der Waals surface area (Å²) in [6.45, 7) is 5.43. The van der Waals surface area contributed by atoms with Crippen molar-refractivity contribution >= 4 is 41.1 Å². The summed E-state index contributed by atoms with van der Waals surface area (Å²) in [6.07, 6.45) is -0.768. The van der Waals surface area contributed by atoms with Crippen LogP contribution in [0, 0.1) is 5.41 Å². The lowest BCUT2D eigenvalue weighted by molar-refractivity contribution is -0.137. The molecule has 320 valence electrons. The minimum atomic E-state index is -4.43. The average Bonchev–Trinajstić information content (AvgIpc) is 3.45. The lowest BCUT2D eigenvalue weighted by Crippen LogP contribution is -2.70. The lowest BCUT2D eigenvalue weighted by atomic mass is 9.95. The molecule has 19 heteroatoms. The maximum atomic E-state index is 13.3. The van der Waals surface area contributed by atoms with Crippen molar-refractivity contribution in [3.05, 3.63) is 101 Å². The number of nitrogens with one attached hydrogen (secondary N) is 4. The number of amides is 2. The van der Waals surface area contributed by atoms with E-state index in [1.54, 1.807) is 43.4 Å². The normalized spacial score (nSPS) is 19.6. The number of nitrogen functional groups attached to an aromatic ring is 1.